The van der Waals surface area contributed by atoms with Crippen molar-refractivity contribution in [3.05, 3.63) is 22.9 Å². The van der Waals surface area contributed by atoms with Gasteiger partial charge in [-0.15, -0.1) is 0 Å². The van der Waals surface area contributed by atoms with Crippen molar-refractivity contribution >= 4 is 35.0 Å². The van der Waals surface area contributed by atoms with Crippen LogP contribution in [0.4, 0.5) is 0 Å². The van der Waals surface area contributed by atoms with Crippen molar-refractivity contribution in [1.29, 1.82) is 0 Å². The first-order chi connectivity index (χ1) is 9.40. The zero-order valence-electron chi connectivity index (χ0n) is 12.4. The maximum Gasteiger partial charge on any atom is 0.146 e. The molecule has 0 unspecified atom stereocenters. The van der Waals surface area contributed by atoms with Gasteiger partial charge in [-0.2, -0.15) is 0 Å². The Labute approximate surface area is 129 Å². The van der Waals surface area contributed by atoms with Gasteiger partial charge < -0.3 is 14.0 Å². The highest BCUT2D eigenvalue weighted by molar-refractivity contribution is 9.10. The molecule has 0 fully saturated rings. The normalized spacial score (nSPS) is 12.1. The molecule has 0 aromatic carbocycles. The molecule has 0 aliphatic rings. The Kier molecular flexibility index (Phi) is 4.88. The van der Waals surface area contributed by atoms with Gasteiger partial charge in [-0.05, 0) is 28.0 Å². The monoisotopic (exact) mass is 356 g/mol. The Morgan fingerprint density at radius 1 is 1.35 bits per heavy atom. The zero-order valence-corrected chi connectivity index (χ0v) is 15.0. The summed E-state index contributed by atoms with van der Waals surface area (Å²) in [4.78, 5) is 4.50. The molecule has 0 N–H and O–H groups in total. The van der Waals surface area contributed by atoms with Crippen molar-refractivity contribution in [2.45, 2.75) is 32.4 Å². The first kappa shape index (κ1) is 15.5. The molecule has 0 spiro atoms. The molecule has 0 radical (unpaired) electrons. The first-order valence-electron chi connectivity index (χ1n) is 6.68. The second-order valence-electron chi connectivity index (χ2n) is 6.02. The molecule has 4 nitrogen and oxygen atoms in total. The van der Waals surface area contributed by atoms with E-state index in [0.29, 0.717) is 6.73 Å². The molecule has 0 aliphatic carbocycles. The molecule has 6 heteroatoms. The summed E-state index contributed by atoms with van der Waals surface area (Å²) in [7, 11) is 0.636. The van der Waals surface area contributed by atoms with Crippen molar-refractivity contribution < 1.29 is 9.47 Å². The number of methoxy groups -OCH3 is 1. The van der Waals surface area contributed by atoms with Crippen molar-refractivity contribution in [2.24, 2.45) is 0 Å². The predicted molar refractivity (Wildman–Crippen MR) is 88.1 cm³/mol. The second kappa shape index (κ2) is 6.28. The summed E-state index contributed by atoms with van der Waals surface area (Å²) in [6, 6.07) is 5.06. The lowest BCUT2D eigenvalue weighted by atomic mass is 10.3. The van der Waals surface area contributed by atoms with Gasteiger partial charge in [0.2, 0.25) is 0 Å². The van der Waals surface area contributed by atoms with E-state index >= 15 is 0 Å². The third kappa shape index (κ3) is 3.83. The van der Waals surface area contributed by atoms with Gasteiger partial charge in [0.05, 0.1) is 12.5 Å². The van der Waals surface area contributed by atoms with Crippen molar-refractivity contribution in [1.82, 2.24) is 9.55 Å². The Balaban J connectivity index is 2.09. The summed E-state index contributed by atoms with van der Waals surface area (Å²) < 4.78 is 13.9. The Morgan fingerprint density at radius 2 is 2.10 bits per heavy atom. The highest BCUT2D eigenvalue weighted by Crippen LogP contribution is 2.28. The maximum absolute atomic E-state index is 5.78. The highest BCUT2D eigenvalue weighted by Gasteiger charge is 2.13. The Morgan fingerprint density at radius 3 is 2.75 bits per heavy atom. The molecular weight excluding hydrogens is 336 g/mol. The van der Waals surface area contributed by atoms with Crippen LogP contribution in [-0.4, -0.2) is 31.3 Å². The topological polar surface area (TPSA) is 36.3 Å². The van der Waals surface area contributed by atoms with E-state index in [9.17, 15) is 0 Å². The van der Waals surface area contributed by atoms with Gasteiger partial charge in [0.15, 0.2) is 0 Å². The second-order valence-corrected chi connectivity index (χ2v) is 12.5. The summed E-state index contributed by atoms with van der Waals surface area (Å²) in [5.74, 6) is 0.822. The van der Waals surface area contributed by atoms with Crippen LogP contribution in [-0.2, 0) is 11.5 Å². The largest absolute Gasteiger partial charge is 0.496 e. The van der Waals surface area contributed by atoms with E-state index in [1.807, 2.05) is 22.9 Å². The van der Waals surface area contributed by atoms with Crippen LogP contribution in [0, 0.1) is 0 Å². The number of pyridine rings is 1. The summed E-state index contributed by atoms with van der Waals surface area (Å²) >= 11 is 3.41. The molecule has 2 heterocycles. The van der Waals surface area contributed by atoms with Gasteiger partial charge in [-0.1, -0.05) is 19.6 Å². The third-order valence-electron chi connectivity index (χ3n) is 3.11. The van der Waals surface area contributed by atoms with Crippen LogP contribution < -0.4 is 4.74 Å². The molecule has 0 atom stereocenters. The van der Waals surface area contributed by atoms with E-state index in [2.05, 4.69) is 40.6 Å². The number of nitrogens with zero attached hydrogens (tertiary/aromatic N) is 2. The molecule has 2 aromatic rings. The molecule has 0 amide bonds. The van der Waals surface area contributed by atoms with Gasteiger partial charge in [-0.25, -0.2) is 4.98 Å². The average Bonchev–Trinajstić information content (AvgIpc) is 2.75. The first-order valence-corrected chi connectivity index (χ1v) is 11.2. The quantitative estimate of drug-likeness (QED) is 0.443. The number of hydrogen-bond acceptors (Lipinski definition) is 3. The lowest BCUT2D eigenvalue weighted by Gasteiger charge is -2.15. The van der Waals surface area contributed by atoms with Crippen LogP contribution in [0.1, 0.15) is 0 Å². The minimum absolute atomic E-state index is 0.528. The lowest BCUT2D eigenvalue weighted by Crippen LogP contribution is -2.22. The lowest BCUT2D eigenvalue weighted by molar-refractivity contribution is 0.0898. The van der Waals surface area contributed by atoms with E-state index in [1.165, 1.54) is 6.04 Å². The molecule has 2 rings (SSSR count). The molecule has 0 saturated carbocycles. The minimum atomic E-state index is -1.03. The van der Waals surface area contributed by atoms with Gasteiger partial charge in [-0.3, -0.25) is 0 Å². The summed E-state index contributed by atoms with van der Waals surface area (Å²) in [6.07, 6.45) is 1.99. The fourth-order valence-corrected chi connectivity index (χ4v) is 3.05. The summed E-state index contributed by atoms with van der Waals surface area (Å²) in [5, 5.41) is 1.00. The number of aromatic nitrogens is 2. The molecule has 2 aromatic heterocycles. The number of fused-ring (bicyclic) bond motifs is 1. The smallest absolute Gasteiger partial charge is 0.146 e. The zero-order chi connectivity index (χ0) is 14.8. The molecule has 0 saturated heterocycles. The van der Waals surface area contributed by atoms with Crippen molar-refractivity contribution in [3.63, 3.8) is 0 Å². The van der Waals surface area contributed by atoms with Crippen LogP contribution in [0.3, 0.4) is 0 Å². The number of hydrogen-bond donors (Lipinski definition) is 0. The number of rotatable bonds is 6. The Hall–Kier alpha value is -0.853. The third-order valence-corrected chi connectivity index (χ3v) is 5.22. The van der Waals surface area contributed by atoms with Crippen LogP contribution >= 0.6 is 15.9 Å². The molecular formula is C14H21BrN2O2Si. The van der Waals surface area contributed by atoms with Crippen LogP contribution in [0.2, 0.25) is 25.7 Å². The van der Waals surface area contributed by atoms with E-state index in [4.69, 9.17) is 9.47 Å². The van der Waals surface area contributed by atoms with E-state index in [-0.39, 0.29) is 0 Å². The van der Waals surface area contributed by atoms with Gasteiger partial charge in [0, 0.05) is 26.9 Å². The van der Waals surface area contributed by atoms with Gasteiger partial charge >= 0.3 is 0 Å². The maximum atomic E-state index is 5.78. The summed E-state index contributed by atoms with van der Waals surface area (Å²) in [6.45, 7) is 8.39. The van der Waals surface area contributed by atoms with Gasteiger partial charge in [0.25, 0.3) is 0 Å². The average molecular weight is 357 g/mol. The van der Waals surface area contributed by atoms with Crippen LogP contribution in [0.5, 0.6) is 5.75 Å². The van der Waals surface area contributed by atoms with Crippen molar-refractivity contribution in [3.8, 4) is 5.75 Å². The fraction of sp³-hybridized carbons (Fsp3) is 0.500. The molecule has 110 valence electrons. The van der Waals surface area contributed by atoms with Crippen LogP contribution in [0.15, 0.2) is 22.9 Å². The number of ether oxygens (including phenoxy) is 2. The van der Waals surface area contributed by atoms with E-state index in [1.54, 1.807) is 7.11 Å². The van der Waals surface area contributed by atoms with E-state index < -0.39 is 8.07 Å². The Bertz CT molecular complexity index is 593. The predicted octanol–water partition coefficient (Wildman–Crippen LogP) is 4.12. The van der Waals surface area contributed by atoms with E-state index in [0.717, 1.165) is 28.0 Å². The molecule has 20 heavy (non-hydrogen) atoms. The molecule has 0 aliphatic heterocycles. The number of halogens is 1. The summed E-state index contributed by atoms with van der Waals surface area (Å²) in [5.41, 5.74) is 0.879. The SMILES string of the molecule is COc1cc(Br)nc2c1ccn2COCC[Si](C)(C)C. The minimum Gasteiger partial charge on any atom is -0.496 e. The standard InChI is InChI=1S/C14H21BrN2O2Si/c1-18-12-9-13(15)16-14-11(12)5-6-17(14)10-19-7-8-20(2,3)4/h5-6,9H,7-8,10H2,1-4H3. The highest BCUT2D eigenvalue weighted by atomic mass is 79.9. The fourth-order valence-electron chi connectivity index (χ4n) is 1.91. The van der Waals surface area contributed by atoms with Gasteiger partial charge in [0.1, 0.15) is 22.7 Å². The van der Waals surface area contributed by atoms with Crippen LogP contribution in [0.25, 0.3) is 11.0 Å². The molecule has 0 bridgehead atoms. The van der Waals surface area contributed by atoms with Crippen molar-refractivity contribution in [2.75, 3.05) is 13.7 Å².